The third-order valence-corrected chi connectivity index (χ3v) is 8.79. The maximum atomic E-state index is 13.1. The fourth-order valence-corrected chi connectivity index (χ4v) is 6.45. The van der Waals surface area contributed by atoms with Crippen molar-refractivity contribution >= 4 is 44.4 Å². The molecule has 2 atom stereocenters. The molecule has 36 heavy (non-hydrogen) atoms. The monoisotopic (exact) mass is 514 g/mol. The number of nitriles is 1. The van der Waals surface area contributed by atoms with Crippen LogP contribution in [0, 0.1) is 11.3 Å². The van der Waals surface area contributed by atoms with Gasteiger partial charge >= 0.3 is 0 Å². The molecular formula is C28H26N4O2S2. The molecule has 2 unspecified atom stereocenters. The predicted molar refractivity (Wildman–Crippen MR) is 145 cm³/mol. The summed E-state index contributed by atoms with van der Waals surface area (Å²) in [6, 6.07) is 20.5. The summed E-state index contributed by atoms with van der Waals surface area (Å²) in [6.07, 6.45) is 3.38. The van der Waals surface area contributed by atoms with Crippen LogP contribution < -0.4 is 10.1 Å². The molecule has 1 aliphatic carbocycles. The van der Waals surface area contributed by atoms with Crippen molar-refractivity contribution in [3.8, 4) is 11.8 Å². The second-order valence-electron chi connectivity index (χ2n) is 8.77. The number of carbonyl (C=O) groups is 1. The maximum Gasteiger partial charge on any atom is 0.239 e. The smallest absolute Gasteiger partial charge is 0.239 e. The average Bonchev–Trinajstić information content (AvgIpc) is 3.32. The minimum Gasteiger partial charge on any atom is -0.497 e. The minimum absolute atomic E-state index is 0.138. The zero-order chi connectivity index (χ0) is 25.1. The van der Waals surface area contributed by atoms with Crippen LogP contribution in [0.25, 0.3) is 10.2 Å². The van der Waals surface area contributed by atoms with Crippen molar-refractivity contribution in [1.82, 2.24) is 9.97 Å². The number of thioether (sulfide) groups is 1. The van der Waals surface area contributed by atoms with Crippen LogP contribution in [0.15, 0.2) is 59.6 Å². The minimum atomic E-state index is -0.384. The van der Waals surface area contributed by atoms with Gasteiger partial charge in [-0.15, -0.1) is 0 Å². The molecule has 182 valence electrons. The number of hydrogen-bond acceptors (Lipinski definition) is 7. The standard InChI is InChI=1S/C28H26N4O2S2/c1-3-24(26(33)32-28-31-23-12-10-21(34-2)15-25(23)36-28)35-27-20(16-29)14-19-13-18(9-11-22(19)30-27)17-7-5-4-6-8-17/h4-8,10,12,14-15,18,24H,3,9,11,13H2,1-2H3,(H,31,32,33). The highest BCUT2D eigenvalue weighted by atomic mass is 32.2. The molecule has 0 bridgehead atoms. The number of rotatable bonds is 7. The number of fused-ring (bicyclic) bond motifs is 2. The van der Waals surface area contributed by atoms with E-state index in [1.165, 1.54) is 28.7 Å². The summed E-state index contributed by atoms with van der Waals surface area (Å²) in [5, 5.41) is 13.6. The molecule has 0 aliphatic heterocycles. The van der Waals surface area contributed by atoms with Crippen molar-refractivity contribution in [1.29, 1.82) is 5.26 Å². The lowest BCUT2D eigenvalue weighted by atomic mass is 9.82. The number of anilines is 1. The van der Waals surface area contributed by atoms with Gasteiger partial charge in [-0.3, -0.25) is 4.79 Å². The molecule has 2 aromatic carbocycles. The number of amides is 1. The zero-order valence-electron chi connectivity index (χ0n) is 20.2. The summed E-state index contributed by atoms with van der Waals surface area (Å²) >= 11 is 2.78. The number of pyridine rings is 1. The summed E-state index contributed by atoms with van der Waals surface area (Å²) < 4.78 is 6.23. The number of benzene rings is 2. The van der Waals surface area contributed by atoms with Crippen LogP contribution in [0.5, 0.6) is 5.75 Å². The van der Waals surface area contributed by atoms with Crippen molar-refractivity contribution in [2.24, 2.45) is 0 Å². The number of hydrogen-bond donors (Lipinski definition) is 1. The largest absolute Gasteiger partial charge is 0.497 e. The Kier molecular flexibility index (Phi) is 7.21. The maximum absolute atomic E-state index is 13.1. The fraction of sp³-hybridized carbons (Fsp3) is 0.286. The number of nitrogens with zero attached hydrogens (tertiary/aromatic N) is 3. The molecule has 2 aromatic heterocycles. The van der Waals surface area contributed by atoms with E-state index >= 15 is 0 Å². The van der Waals surface area contributed by atoms with Gasteiger partial charge in [0.1, 0.15) is 16.8 Å². The summed E-state index contributed by atoms with van der Waals surface area (Å²) in [6.45, 7) is 1.97. The van der Waals surface area contributed by atoms with E-state index in [1.54, 1.807) is 7.11 Å². The third kappa shape index (κ3) is 5.08. The molecule has 1 amide bonds. The van der Waals surface area contributed by atoms with Gasteiger partial charge in [0.25, 0.3) is 0 Å². The van der Waals surface area contributed by atoms with Crippen LogP contribution in [0.3, 0.4) is 0 Å². The van der Waals surface area contributed by atoms with Crippen LogP contribution in [0.2, 0.25) is 0 Å². The normalized spacial score (nSPS) is 15.6. The van der Waals surface area contributed by atoms with Crippen molar-refractivity contribution in [3.05, 3.63) is 77.0 Å². The number of aromatic nitrogens is 2. The van der Waals surface area contributed by atoms with Gasteiger partial charge < -0.3 is 10.1 Å². The first-order valence-electron chi connectivity index (χ1n) is 12.0. The lowest BCUT2D eigenvalue weighted by Crippen LogP contribution is -2.25. The fourth-order valence-electron chi connectivity index (χ4n) is 4.55. The Balaban J connectivity index is 1.32. The molecule has 4 aromatic rings. The van der Waals surface area contributed by atoms with Gasteiger partial charge in [-0.05, 0) is 67.0 Å². The molecular weight excluding hydrogens is 488 g/mol. The van der Waals surface area contributed by atoms with Crippen LogP contribution in [-0.2, 0) is 17.6 Å². The van der Waals surface area contributed by atoms with E-state index in [1.807, 2.05) is 37.3 Å². The molecule has 0 spiro atoms. The number of carbonyl (C=O) groups excluding carboxylic acids is 1. The topological polar surface area (TPSA) is 87.9 Å². The van der Waals surface area contributed by atoms with Crippen LogP contribution in [0.4, 0.5) is 5.13 Å². The summed E-state index contributed by atoms with van der Waals surface area (Å²) in [5.74, 6) is 1.05. The Bertz CT molecular complexity index is 1450. The van der Waals surface area contributed by atoms with E-state index in [2.05, 4.69) is 40.6 Å². The van der Waals surface area contributed by atoms with Gasteiger partial charge in [0.2, 0.25) is 5.91 Å². The third-order valence-electron chi connectivity index (χ3n) is 6.49. The zero-order valence-corrected chi connectivity index (χ0v) is 21.8. The van der Waals surface area contributed by atoms with E-state index in [0.29, 0.717) is 28.1 Å². The van der Waals surface area contributed by atoms with E-state index in [-0.39, 0.29) is 11.2 Å². The highest BCUT2D eigenvalue weighted by Crippen LogP contribution is 2.36. The van der Waals surface area contributed by atoms with Gasteiger partial charge in [-0.1, -0.05) is 60.4 Å². The highest BCUT2D eigenvalue weighted by Gasteiger charge is 2.26. The summed E-state index contributed by atoms with van der Waals surface area (Å²) in [4.78, 5) is 22.5. The van der Waals surface area contributed by atoms with Crippen molar-refractivity contribution in [2.45, 2.75) is 48.8 Å². The average molecular weight is 515 g/mol. The number of ether oxygens (including phenoxy) is 1. The molecule has 0 fully saturated rings. The first-order valence-corrected chi connectivity index (χ1v) is 13.7. The molecule has 0 saturated heterocycles. The Morgan fingerprint density at radius 2 is 2.08 bits per heavy atom. The van der Waals surface area contributed by atoms with Gasteiger partial charge in [0, 0.05) is 5.69 Å². The molecule has 0 radical (unpaired) electrons. The number of thiazole rings is 1. The highest BCUT2D eigenvalue weighted by molar-refractivity contribution is 8.00. The van der Waals surface area contributed by atoms with Crippen LogP contribution in [-0.4, -0.2) is 28.2 Å². The first kappa shape index (κ1) is 24.3. The quantitative estimate of drug-likeness (QED) is 0.289. The molecule has 0 saturated carbocycles. The molecule has 2 heterocycles. The second kappa shape index (κ2) is 10.7. The molecule has 6 nitrogen and oxygen atoms in total. The summed E-state index contributed by atoms with van der Waals surface area (Å²) in [5.41, 5.74) is 4.85. The van der Waals surface area contributed by atoms with Crippen LogP contribution in [0.1, 0.15) is 48.1 Å². The Morgan fingerprint density at radius 1 is 1.25 bits per heavy atom. The summed E-state index contributed by atoms with van der Waals surface area (Å²) in [7, 11) is 1.62. The molecule has 5 rings (SSSR count). The lowest BCUT2D eigenvalue weighted by Gasteiger charge is -2.25. The molecule has 8 heteroatoms. The Labute approximate surface area is 218 Å². The van der Waals surface area contributed by atoms with E-state index < -0.39 is 0 Å². The Morgan fingerprint density at radius 3 is 2.83 bits per heavy atom. The second-order valence-corrected chi connectivity index (χ2v) is 11.0. The molecule has 1 aliphatic rings. The van der Waals surface area contributed by atoms with Gasteiger partial charge in [0.15, 0.2) is 5.13 Å². The van der Waals surface area contributed by atoms with Crippen LogP contribution >= 0.6 is 23.1 Å². The number of aryl methyl sites for hydroxylation is 1. The van der Waals surface area contributed by atoms with Gasteiger partial charge in [-0.2, -0.15) is 5.26 Å². The first-order chi connectivity index (χ1) is 17.6. The van der Waals surface area contributed by atoms with E-state index in [9.17, 15) is 10.1 Å². The molecule has 1 N–H and O–H groups in total. The van der Waals surface area contributed by atoms with Gasteiger partial charge in [-0.25, -0.2) is 9.97 Å². The number of methoxy groups -OCH3 is 1. The predicted octanol–water partition coefficient (Wildman–Crippen LogP) is 6.35. The SMILES string of the molecule is CCC(Sc1nc2c(cc1C#N)CC(c1ccccc1)CC2)C(=O)Nc1nc2ccc(OC)cc2s1. The van der Waals surface area contributed by atoms with Gasteiger partial charge in [0.05, 0.1) is 28.1 Å². The van der Waals surface area contributed by atoms with Crippen molar-refractivity contribution < 1.29 is 9.53 Å². The van der Waals surface area contributed by atoms with Crippen molar-refractivity contribution in [3.63, 3.8) is 0 Å². The number of nitrogens with one attached hydrogen (secondary N) is 1. The van der Waals surface area contributed by atoms with Crippen molar-refractivity contribution in [2.75, 3.05) is 12.4 Å². The van der Waals surface area contributed by atoms with E-state index in [4.69, 9.17) is 9.72 Å². The Hall–Kier alpha value is -3.41. The van der Waals surface area contributed by atoms with E-state index in [0.717, 1.165) is 46.5 Å². The lowest BCUT2D eigenvalue weighted by molar-refractivity contribution is -0.115.